The molecule has 2 aromatic carbocycles. The Labute approximate surface area is 195 Å². The molecule has 1 aliphatic rings. The number of carbonyl (C=O) groups excluding carboxylic acids is 1. The Morgan fingerprint density at radius 1 is 1.06 bits per heavy atom. The number of ether oxygens (including phenoxy) is 1. The van der Waals surface area contributed by atoms with Crippen LogP contribution in [0.1, 0.15) is 61.9 Å². The molecule has 1 aliphatic heterocycles. The number of anilines is 1. The third-order valence-corrected chi connectivity index (χ3v) is 7.10. The van der Waals surface area contributed by atoms with Crippen LogP contribution in [0.3, 0.4) is 0 Å². The quantitative estimate of drug-likeness (QED) is 0.397. The summed E-state index contributed by atoms with van der Waals surface area (Å²) in [6.45, 7) is 10.4. The fourth-order valence-electron chi connectivity index (χ4n) is 4.08. The van der Waals surface area contributed by atoms with E-state index in [1.807, 2.05) is 29.2 Å². The number of hydrogen-bond acceptors (Lipinski definition) is 5. The van der Waals surface area contributed by atoms with Crippen molar-refractivity contribution in [2.45, 2.75) is 46.0 Å². The van der Waals surface area contributed by atoms with Gasteiger partial charge in [0.05, 0.1) is 16.8 Å². The Bertz CT molecular complexity index is 1040. The highest BCUT2D eigenvalue weighted by Crippen LogP contribution is 2.33. The predicted molar refractivity (Wildman–Crippen MR) is 133 cm³/mol. The van der Waals surface area contributed by atoms with E-state index in [4.69, 9.17) is 9.72 Å². The Hall–Kier alpha value is -2.60. The maximum atomic E-state index is 13.0. The Morgan fingerprint density at radius 2 is 1.81 bits per heavy atom. The van der Waals surface area contributed by atoms with Crippen molar-refractivity contribution in [3.8, 4) is 5.75 Å². The summed E-state index contributed by atoms with van der Waals surface area (Å²) in [6.07, 6.45) is 3.43. The van der Waals surface area contributed by atoms with Crippen LogP contribution in [0.5, 0.6) is 5.75 Å². The normalized spacial score (nSPS) is 14.4. The third kappa shape index (κ3) is 5.07. The van der Waals surface area contributed by atoms with E-state index in [2.05, 4.69) is 43.9 Å². The first-order chi connectivity index (χ1) is 15.6. The molecule has 0 N–H and O–H groups in total. The summed E-state index contributed by atoms with van der Waals surface area (Å²) in [5.41, 5.74) is 3.15. The Morgan fingerprint density at radius 3 is 2.50 bits per heavy atom. The minimum Gasteiger partial charge on any atom is -0.494 e. The van der Waals surface area contributed by atoms with Gasteiger partial charge in [0.1, 0.15) is 5.75 Å². The lowest BCUT2D eigenvalue weighted by molar-refractivity contribution is 0.0746. The van der Waals surface area contributed by atoms with Gasteiger partial charge in [-0.3, -0.25) is 4.79 Å². The van der Waals surface area contributed by atoms with Gasteiger partial charge in [-0.2, -0.15) is 0 Å². The summed E-state index contributed by atoms with van der Waals surface area (Å²) in [5, 5.41) is 1.06. The van der Waals surface area contributed by atoms with E-state index in [9.17, 15) is 4.79 Å². The van der Waals surface area contributed by atoms with Crippen molar-refractivity contribution in [1.82, 2.24) is 9.88 Å². The summed E-state index contributed by atoms with van der Waals surface area (Å²) >= 11 is 1.75. The molecule has 0 spiro atoms. The second kappa shape index (κ2) is 10.3. The van der Waals surface area contributed by atoms with E-state index in [1.165, 1.54) is 23.1 Å². The van der Waals surface area contributed by atoms with E-state index in [1.54, 1.807) is 11.3 Å². The average molecular weight is 452 g/mol. The third-order valence-electron chi connectivity index (χ3n) is 6.02. The number of thiazole rings is 1. The Balaban J connectivity index is 1.35. The number of unbranched alkanes of at least 4 members (excludes halogenated alkanes) is 2. The SMILES string of the molecule is CCCCCOc1ccc(C(=O)N2CCN(c3nc4c(C(C)C)cccc4s3)CC2)cc1. The van der Waals surface area contributed by atoms with Crippen molar-refractivity contribution in [1.29, 1.82) is 0 Å². The van der Waals surface area contributed by atoms with E-state index in [-0.39, 0.29) is 5.91 Å². The topological polar surface area (TPSA) is 45.7 Å². The van der Waals surface area contributed by atoms with E-state index in [0.29, 0.717) is 19.0 Å². The monoisotopic (exact) mass is 451 g/mol. The van der Waals surface area contributed by atoms with Gasteiger partial charge in [-0.25, -0.2) is 4.98 Å². The smallest absolute Gasteiger partial charge is 0.253 e. The first-order valence-corrected chi connectivity index (χ1v) is 12.5. The maximum Gasteiger partial charge on any atom is 0.253 e. The molecule has 32 heavy (non-hydrogen) atoms. The average Bonchev–Trinajstić information content (AvgIpc) is 3.26. The van der Waals surface area contributed by atoms with Crippen molar-refractivity contribution in [3.05, 3.63) is 53.6 Å². The number of para-hydroxylation sites is 1. The summed E-state index contributed by atoms with van der Waals surface area (Å²) in [5.74, 6) is 1.38. The van der Waals surface area contributed by atoms with Crippen LogP contribution >= 0.6 is 11.3 Å². The van der Waals surface area contributed by atoms with Crippen molar-refractivity contribution in [2.24, 2.45) is 0 Å². The van der Waals surface area contributed by atoms with Crippen molar-refractivity contribution < 1.29 is 9.53 Å². The molecule has 0 atom stereocenters. The standard InChI is InChI=1S/C26H33N3O2S/c1-4-5-6-18-31-21-12-10-20(11-13-21)25(30)28-14-16-29(17-15-28)26-27-24-22(19(2)3)8-7-9-23(24)32-26/h7-13,19H,4-6,14-18H2,1-3H3. The molecule has 1 fully saturated rings. The number of aromatic nitrogens is 1. The van der Waals surface area contributed by atoms with Crippen LogP contribution in [0.15, 0.2) is 42.5 Å². The molecule has 0 radical (unpaired) electrons. The second-order valence-electron chi connectivity index (χ2n) is 8.70. The van der Waals surface area contributed by atoms with E-state index >= 15 is 0 Å². The Kier molecular flexibility index (Phi) is 7.30. The van der Waals surface area contributed by atoms with Crippen LogP contribution in [0.2, 0.25) is 0 Å². The van der Waals surface area contributed by atoms with Gasteiger partial charge in [0.2, 0.25) is 0 Å². The molecule has 1 aromatic heterocycles. The molecule has 1 saturated heterocycles. The zero-order valence-electron chi connectivity index (χ0n) is 19.3. The summed E-state index contributed by atoms with van der Waals surface area (Å²) in [7, 11) is 0. The van der Waals surface area contributed by atoms with Crippen LogP contribution in [0.4, 0.5) is 5.13 Å². The maximum absolute atomic E-state index is 13.0. The summed E-state index contributed by atoms with van der Waals surface area (Å²) < 4.78 is 7.00. The van der Waals surface area contributed by atoms with Crippen LogP contribution in [-0.4, -0.2) is 48.6 Å². The lowest BCUT2D eigenvalue weighted by atomic mass is 10.0. The van der Waals surface area contributed by atoms with Gasteiger partial charge in [-0.15, -0.1) is 0 Å². The first-order valence-electron chi connectivity index (χ1n) is 11.7. The van der Waals surface area contributed by atoms with Gasteiger partial charge in [0.25, 0.3) is 5.91 Å². The molecule has 0 saturated carbocycles. The molecule has 0 unspecified atom stereocenters. The molecule has 6 heteroatoms. The molecular formula is C26H33N3O2S. The zero-order chi connectivity index (χ0) is 22.5. The fraction of sp³-hybridized carbons (Fsp3) is 0.462. The summed E-state index contributed by atoms with van der Waals surface area (Å²) in [4.78, 5) is 22.2. The van der Waals surface area contributed by atoms with Gasteiger partial charge in [0, 0.05) is 31.7 Å². The largest absolute Gasteiger partial charge is 0.494 e. The molecular weight excluding hydrogens is 418 g/mol. The number of amides is 1. The van der Waals surface area contributed by atoms with Crippen LogP contribution in [0.25, 0.3) is 10.2 Å². The second-order valence-corrected chi connectivity index (χ2v) is 9.71. The number of carbonyl (C=O) groups is 1. The van der Waals surface area contributed by atoms with Crippen molar-refractivity contribution >= 4 is 32.6 Å². The predicted octanol–water partition coefficient (Wildman–Crippen LogP) is 5.95. The van der Waals surface area contributed by atoms with E-state index < -0.39 is 0 Å². The number of benzene rings is 2. The molecule has 0 aliphatic carbocycles. The minimum absolute atomic E-state index is 0.0913. The van der Waals surface area contributed by atoms with Crippen LogP contribution in [-0.2, 0) is 0 Å². The number of fused-ring (bicyclic) bond motifs is 1. The first kappa shape index (κ1) is 22.6. The zero-order valence-corrected chi connectivity index (χ0v) is 20.2. The highest BCUT2D eigenvalue weighted by Gasteiger charge is 2.24. The number of nitrogens with zero attached hydrogens (tertiary/aromatic N) is 3. The number of rotatable bonds is 8. The molecule has 2 heterocycles. The molecule has 1 amide bonds. The van der Waals surface area contributed by atoms with Gasteiger partial charge < -0.3 is 14.5 Å². The highest BCUT2D eigenvalue weighted by molar-refractivity contribution is 7.22. The lowest BCUT2D eigenvalue weighted by Gasteiger charge is -2.34. The minimum atomic E-state index is 0.0913. The van der Waals surface area contributed by atoms with Gasteiger partial charge in [-0.05, 0) is 48.2 Å². The fourth-order valence-corrected chi connectivity index (χ4v) is 5.13. The molecule has 0 bridgehead atoms. The lowest BCUT2D eigenvalue weighted by Crippen LogP contribution is -2.48. The van der Waals surface area contributed by atoms with Gasteiger partial charge >= 0.3 is 0 Å². The van der Waals surface area contributed by atoms with Crippen molar-refractivity contribution in [2.75, 3.05) is 37.7 Å². The molecule has 5 nitrogen and oxygen atoms in total. The van der Waals surface area contributed by atoms with Gasteiger partial charge in [0.15, 0.2) is 5.13 Å². The van der Waals surface area contributed by atoms with Gasteiger partial charge in [-0.1, -0.05) is 57.1 Å². The summed E-state index contributed by atoms with van der Waals surface area (Å²) in [6, 6.07) is 14.0. The highest BCUT2D eigenvalue weighted by atomic mass is 32.1. The van der Waals surface area contributed by atoms with Crippen LogP contribution < -0.4 is 9.64 Å². The number of piperazine rings is 1. The molecule has 170 valence electrons. The molecule has 4 rings (SSSR count). The number of hydrogen-bond donors (Lipinski definition) is 0. The van der Waals surface area contributed by atoms with E-state index in [0.717, 1.165) is 48.1 Å². The van der Waals surface area contributed by atoms with Crippen molar-refractivity contribution in [3.63, 3.8) is 0 Å². The molecule has 3 aromatic rings. The van der Waals surface area contributed by atoms with Crippen LogP contribution in [0, 0.1) is 0 Å².